The number of nitrogens with zero attached hydrogens (tertiary/aromatic N) is 1. The SMILES string of the molecule is Cc1nc(/C=C/c2ccsc2Cl)[nH]c(=O)c1CC(=O)O. The lowest BCUT2D eigenvalue weighted by molar-refractivity contribution is -0.136. The van der Waals surface area contributed by atoms with Gasteiger partial charge in [-0.25, -0.2) is 4.98 Å². The molecule has 0 aromatic carbocycles. The van der Waals surface area contributed by atoms with Crippen molar-refractivity contribution in [2.45, 2.75) is 13.3 Å². The molecule has 0 aliphatic carbocycles. The predicted molar refractivity (Wildman–Crippen MR) is 79.2 cm³/mol. The lowest BCUT2D eigenvalue weighted by atomic mass is 10.1. The minimum Gasteiger partial charge on any atom is -0.481 e. The number of thiophene rings is 1. The van der Waals surface area contributed by atoms with E-state index in [-0.39, 0.29) is 12.0 Å². The standard InChI is InChI=1S/C13H11ClN2O3S/c1-7-9(6-11(17)18)13(19)16-10(15-7)3-2-8-4-5-20-12(8)14/h2-5H,6H2,1H3,(H,17,18)(H,15,16,19)/b3-2+. The van der Waals surface area contributed by atoms with Crippen molar-refractivity contribution in [1.29, 1.82) is 0 Å². The van der Waals surface area contributed by atoms with Crippen LogP contribution in [0.25, 0.3) is 12.2 Å². The van der Waals surface area contributed by atoms with Gasteiger partial charge >= 0.3 is 5.97 Å². The number of rotatable bonds is 4. The summed E-state index contributed by atoms with van der Waals surface area (Å²) in [6, 6.07) is 1.85. The van der Waals surface area contributed by atoms with Crippen molar-refractivity contribution < 1.29 is 9.90 Å². The van der Waals surface area contributed by atoms with Crippen LogP contribution in [0.1, 0.15) is 22.6 Å². The molecule has 0 unspecified atom stereocenters. The van der Waals surface area contributed by atoms with Crippen LogP contribution in [0.5, 0.6) is 0 Å². The highest BCUT2D eigenvalue weighted by atomic mass is 35.5. The quantitative estimate of drug-likeness (QED) is 0.909. The lowest BCUT2D eigenvalue weighted by Crippen LogP contribution is -2.20. The van der Waals surface area contributed by atoms with E-state index in [0.29, 0.717) is 15.9 Å². The highest BCUT2D eigenvalue weighted by Crippen LogP contribution is 2.24. The second kappa shape index (κ2) is 6.02. The third kappa shape index (κ3) is 3.34. The first-order valence-corrected chi connectivity index (χ1v) is 6.96. The van der Waals surface area contributed by atoms with Crippen LogP contribution in [0.15, 0.2) is 16.2 Å². The Morgan fingerprint density at radius 3 is 2.85 bits per heavy atom. The molecule has 2 heterocycles. The molecule has 20 heavy (non-hydrogen) atoms. The van der Waals surface area contributed by atoms with Gasteiger partial charge in [0.1, 0.15) is 10.2 Å². The molecule has 0 fully saturated rings. The number of halogens is 1. The molecular formula is C13H11ClN2O3S. The maximum atomic E-state index is 11.8. The normalized spacial score (nSPS) is 11.1. The summed E-state index contributed by atoms with van der Waals surface area (Å²) in [4.78, 5) is 29.2. The Kier molecular flexibility index (Phi) is 4.36. The molecule has 0 saturated heterocycles. The van der Waals surface area contributed by atoms with Gasteiger partial charge in [0.15, 0.2) is 0 Å². The summed E-state index contributed by atoms with van der Waals surface area (Å²) < 4.78 is 0.655. The number of aliphatic carboxylic acids is 1. The van der Waals surface area contributed by atoms with Gasteiger partial charge in [-0.1, -0.05) is 11.6 Å². The molecule has 104 valence electrons. The van der Waals surface area contributed by atoms with Gasteiger partial charge in [-0.2, -0.15) is 0 Å². The average molecular weight is 311 g/mol. The lowest BCUT2D eigenvalue weighted by Gasteiger charge is -2.02. The zero-order valence-electron chi connectivity index (χ0n) is 10.5. The summed E-state index contributed by atoms with van der Waals surface area (Å²) >= 11 is 7.37. The van der Waals surface area contributed by atoms with Crippen molar-refractivity contribution in [2.75, 3.05) is 0 Å². The average Bonchev–Trinajstić information content (AvgIpc) is 2.77. The highest BCUT2D eigenvalue weighted by Gasteiger charge is 2.10. The Bertz CT molecular complexity index is 733. The van der Waals surface area contributed by atoms with Crippen LogP contribution in [0.2, 0.25) is 4.34 Å². The predicted octanol–water partition coefficient (Wildman–Crippen LogP) is 2.59. The van der Waals surface area contributed by atoms with Crippen molar-refractivity contribution in [2.24, 2.45) is 0 Å². The monoisotopic (exact) mass is 310 g/mol. The number of aryl methyl sites for hydroxylation is 1. The van der Waals surface area contributed by atoms with E-state index in [1.807, 2.05) is 11.4 Å². The first kappa shape index (κ1) is 14.5. The van der Waals surface area contributed by atoms with Gasteiger partial charge in [0.25, 0.3) is 5.56 Å². The fraction of sp³-hybridized carbons (Fsp3) is 0.154. The molecule has 0 aliphatic rings. The van der Waals surface area contributed by atoms with Gasteiger partial charge < -0.3 is 10.1 Å². The van der Waals surface area contributed by atoms with Crippen LogP contribution < -0.4 is 5.56 Å². The molecule has 0 aliphatic heterocycles. The summed E-state index contributed by atoms with van der Waals surface area (Å²) in [6.07, 6.45) is 3.04. The summed E-state index contributed by atoms with van der Waals surface area (Å²) in [5, 5.41) is 10.6. The van der Waals surface area contributed by atoms with Crippen molar-refractivity contribution in [3.05, 3.63) is 48.8 Å². The van der Waals surface area contributed by atoms with Gasteiger partial charge in [0.2, 0.25) is 0 Å². The van der Waals surface area contributed by atoms with Crippen LogP contribution in [-0.2, 0) is 11.2 Å². The second-order valence-corrected chi connectivity index (χ2v) is 5.59. The van der Waals surface area contributed by atoms with Crippen molar-refractivity contribution in [3.8, 4) is 0 Å². The summed E-state index contributed by atoms with van der Waals surface area (Å²) in [5.74, 6) is -0.697. The maximum absolute atomic E-state index is 11.8. The molecule has 0 spiro atoms. The fourth-order valence-corrected chi connectivity index (χ4v) is 2.55. The molecule has 2 aromatic rings. The van der Waals surface area contributed by atoms with Crippen LogP contribution in [0, 0.1) is 6.92 Å². The van der Waals surface area contributed by atoms with Crippen LogP contribution in [0.3, 0.4) is 0 Å². The van der Waals surface area contributed by atoms with Gasteiger partial charge in [0, 0.05) is 16.8 Å². The van der Waals surface area contributed by atoms with Gasteiger partial charge in [-0.3, -0.25) is 9.59 Å². The van der Waals surface area contributed by atoms with E-state index < -0.39 is 11.5 Å². The number of aromatic nitrogens is 2. The molecule has 0 saturated carbocycles. The van der Waals surface area contributed by atoms with Gasteiger partial charge in [0.05, 0.1) is 6.42 Å². The molecule has 5 nitrogen and oxygen atoms in total. The topological polar surface area (TPSA) is 83.0 Å². The number of aromatic amines is 1. The van der Waals surface area contributed by atoms with E-state index in [1.165, 1.54) is 11.3 Å². The molecule has 2 aromatic heterocycles. The minimum atomic E-state index is -1.06. The minimum absolute atomic E-state index is 0.170. The number of hydrogen-bond donors (Lipinski definition) is 2. The number of carbonyl (C=O) groups is 1. The maximum Gasteiger partial charge on any atom is 0.308 e. The molecule has 7 heteroatoms. The molecular weight excluding hydrogens is 300 g/mol. The van der Waals surface area contributed by atoms with E-state index in [0.717, 1.165) is 5.56 Å². The van der Waals surface area contributed by atoms with E-state index in [9.17, 15) is 9.59 Å². The van der Waals surface area contributed by atoms with E-state index in [1.54, 1.807) is 19.1 Å². The molecule has 0 radical (unpaired) electrons. The number of carboxylic acids is 1. The smallest absolute Gasteiger partial charge is 0.308 e. The van der Waals surface area contributed by atoms with E-state index >= 15 is 0 Å². The molecule has 0 atom stereocenters. The third-order valence-corrected chi connectivity index (χ3v) is 3.84. The molecule has 2 N–H and O–H groups in total. The van der Waals surface area contributed by atoms with Crippen molar-refractivity contribution in [1.82, 2.24) is 9.97 Å². The van der Waals surface area contributed by atoms with Crippen molar-refractivity contribution in [3.63, 3.8) is 0 Å². The van der Waals surface area contributed by atoms with Crippen LogP contribution in [-0.4, -0.2) is 21.0 Å². The Morgan fingerprint density at radius 1 is 1.55 bits per heavy atom. The Balaban J connectivity index is 2.31. The number of carboxylic acid groups (broad SMARTS) is 1. The number of hydrogen-bond acceptors (Lipinski definition) is 4. The third-order valence-electron chi connectivity index (χ3n) is 2.64. The summed E-state index contributed by atoms with van der Waals surface area (Å²) in [7, 11) is 0. The first-order chi connectivity index (χ1) is 9.47. The molecule has 0 amide bonds. The van der Waals surface area contributed by atoms with E-state index in [4.69, 9.17) is 16.7 Å². The summed E-state index contributed by atoms with van der Waals surface area (Å²) in [5.41, 5.74) is 0.984. The largest absolute Gasteiger partial charge is 0.481 e. The Hall–Kier alpha value is -1.92. The van der Waals surface area contributed by atoms with Gasteiger partial charge in [-0.05, 0) is 30.5 Å². The van der Waals surface area contributed by atoms with Crippen molar-refractivity contribution >= 4 is 41.1 Å². The molecule has 2 rings (SSSR count). The van der Waals surface area contributed by atoms with Crippen LogP contribution >= 0.6 is 22.9 Å². The summed E-state index contributed by atoms with van der Waals surface area (Å²) in [6.45, 7) is 1.61. The zero-order chi connectivity index (χ0) is 14.7. The second-order valence-electron chi connectivity index (χ2n) is 4.07. The van der Waals surface area contributed by atoms with Crippen LogP contribution in [0.4, 0.5) is 0 Å². The fourth-order valence-electron chi connectivity index (χ4n) is 1.66. The number of H-pyrrole nitrogens is 1. The molecule has 0 bridgehead atoms. The van der Waals surface area contributed by atoms with E-state index in [2.05, 4.69) is 9.97 Å². The first-order valence-electron chi connectivity index (χ1n) is 5.70. The zero-order valence-corrected chi connectivity index (χ0v) is 12.1. The number of nitrogens with one attached hydrogen (secondary N) is 1. The Labute approximate surface area is 123 Å². The Morgan fingerprint density at radius 2 is 2.30 bits per heavy atom. The highest BCUT2D eigenvalue weighted by molar-refractivity contribution is 7.14. The van der Waals surface area contributed by atoms with Gasteiger partial charge in [-0.15, -0.1) is 11.3 Å².